The van der Waals surface area contributed by atoms with Crippen LogP contribution in [0.5, 0.6) is 0 Å². The van der Waals surface area contributed by atoms with E-state index in [9.17, 15) is 0 Å². The van der Waals surface area contributed by atoms with Crippen molar-refractivity contribution in [2.75, 3.05) is 6.61 Å². The highest BCUT2D eigenvalue weighted by atomic mass is 35.5. The van der Waals surface area contributed by atoms with Gasteiger partial charge in [0.1, 0.15) is 5.06 Å². The number of hydrogen-bond donors (Lipinski definition) is 0. The zero-order valence-corrected chi connectivity index (χ0v) is 7.28. The molecule has 0 aromatic carbocycles. The van der Waals surface area contributed by atoms with Crippen molar-refractivity contribution in [3.63, 3.8) is 0 Å². The zero-order chi connectivity index (χ0) is 7.45. The Bertz CT molecular complexity index is 99.4. The van der Waals surface area contributed by atoms with E-state index in [1.54, 1.807) is 0 Å². The van der Waals surface area contributed by atoms with Crippen LogP contribution in [0.4, 0.5) is 0 Å². The molecule has 1 fully saturated rings. The van der Waals surface area contributed by atoms with Gasteiger partial charge in [0, 0.05) is 6.42 Å². The van der Waals surface area contributed by atoms with Gasteiger partial charge in [0.2, 0.25) is 0 Å². The Kier molecular flexibility index (Phi) is 2.99. The van der Waals surface area contributed by atoms with E-state index in [0.29, 0.717) is 0 Å². The SMILES string of the molecule is CCCCCC1(Cl)CCO1. The first-order chi connectivity index (χ1) is 4.77. The van der Waals surface area contributed by atoms with Crippen molar-refractivity contribution in [1.29, 1.82) is 0 Å². The van der Waals surface area contributed by atoms with Crippen LogP contribution in [-0.2, 0) is 4.74 Å². The van der Waals surface area contributed by atoms with Gasteiger partial charge in [-0.25, -0.2) is 0 Å². The largest absolute Gasteiger partial charge is 0.360 e. The molecule has 10 heavy (non-hydrogen) atoms. The van der Waals surface area contributed by atoms with E-state index in [4.69, 9.17) is 16.3 Å². The summed E-state index contributed by atoms with van der Waals surface area (Å²) >= 11 is 6.02. The summed E-state index contributed by atoms with van der Waals surface area (Å²) in [6, 6.07) is 0. The Hall–Kier alpha value is 0.250. The lowest BCUT2D eigenvalue weighted by Crippen LogP contribution is -2.37. The number of unbranched alkanes of at least 4 members (excludes halogenated alkanes) is 2. The third-order valence-electron chi connectivity index (χ3n) is 1.99. The third-order valence-corrected chi connectivity index (χ3v) is 2.48. The molecule has 1 saturated heterocycles. The van der Waals surface area contributed by atoms with Crippen LogP contribution in [0.1, 0.15) is 39.0 Å². The van der Waals surface area contributed by atoms with Crippen LogP contribution in [0.25, 0.3) is 0 Å². The zero-order valence-electron chi connectivity index (χ0n) is 6.53. The normalized spacial score (nSPS) is 31.8. The molecule has 0 N–H and O–H groups in total. The lowest BCUT2D eigenvalue weighted by atomic mass is 10.0. The van der Waals surface area contributed by atoms with Gasteiger partial charge in [0.25, 0.3) is 0 Å². The van der Waals surface area contributed by atoms with Crippen molar-refractivity contribution in [3.05, 3.63) is 0 Å². The van der Waals surface area contributed by atoms with Gasteiger partial charge in [-0.05, 0) is 12.8 Å². The first-order valence-corrected chi connectivity index (χ1v) is 4.47. The maximum atomic E-state index is 6.02. The molecule has 0 spiro atoms. The van der Waals surface area contributed by atoms with E-state index in [-0.39, 0.29) is 5.06 Å². The minimum atomic E-state index is -0.255. The Morgan fingerprint density at radius 3 is 2.60 bits per heavy atom. The van der Waals surface area contributed by atoms with Crippen LogP contribution < -0.4 is 0 Å². The number of halogens is 1. The molecule has 0 radical (unpaired) electrons. The second-order valence-corrected chi connectivity index (χ2v) is 3.63. The predicted octanol–water partition coefficient (Wildman–Crippen LogP) is 2.92. The summed E-state index contributed by atoms with van der Waals surface area (Å²) < 4.78 is 5.23. The molecule has 1 unspecified atom stereocenters. The van der Waals surface area contributed by atoms with Crippen LogP contribution in [0.2, 0.25) is 0 Å². The Labute approximate surface area is 67.7 Å². The molecule has 1 rings (SSSR count). The van der Waals surface area contributed by atoms with Crippen LogP contribution in [0, 0.1) is 0 Å². The average Bonchev–Trinajstić information content (AvgIpc) is 1.85. The highest BCUT2D eigenvalue weighted by Gasteiger charge is 2.34. The third kappa shape index (κ3) is 2.14. The molecule has 0 bridgehead atoms. The van der Waals surface area contributed by atoms with Crippen molar-refractivity contribution in [2.45, 2.75) is 44.1 Å². The van der Waals surface area contributed by atoms with Crippen molar-refractivity contribution in [2.24, 2.45) is 0 Å². The van der Waals surface area contributed by atoms with Gasteiger partial charge in [0.15, 0.2) is 0 Å². The van der Waals surface area contributed by atoms with Crippen molar-refractivity contribution in [3.8, 4) is 0 Å². The molecule has 0 aliphatic carbocycles. The van der Waals surface area contributed by atoms with Gasteiger partial charge in [-0.15, -0.1) is 0 Å². The smallest absolute Gasteiger partial charge is 0.144 e. The Balaban J connectivity index is 2.01. The molecule has 60 valence electrons. The van der Waals surface area contributed by atoms with Gasteiger partial charge >= 0.3 is 0 Å². The van der Waals surface area contributed by atoms with Gasteiger partial charge in [-0.2, -0.15) is 0 Å². The van der Waals surface area contributed by atoms with Gasteiger partial charge < -0.3 is 4.74 Å². The molecule has 0 aromatic heterocycles. The van der Waals surface area contributed by atoms with E-state index in [1.807, 2.05) is 0 Å². The highest BCUT2D eigenvalue weighted by molar-refractivity contribution is 6.23. The van der Waals surface area contributed by atoms with Crippen LogP contribution in [0.15, 0.2) is 0 Å². The minimum absolute atomic E-state index is 0.255. The minimum Gasteiger partial charge on any atom is -0.360 e. The summed E-state index contributed by atoms with van der Waals surface area (Å²) in [4.78, 5) is 0. The highest BCUT2D eigenvalue weighted by Crippen LogP contribution is 2.35. The van der Waals surface area contributed by atoms with Crippen LogP contribution in [0.3, 0.4) is 0 Å². The maximum absolute atomic E-state index is 6.02. The monoisotopic (exact) mass is 162 g/mol. The Morgan fingerprint density at radius 2 is 2.20 bits per heavy atom. The summed E-state index contributed by atoms with van der Waals surface area (Å²) in [6.45, 7) is 3.05. The van der Waals surface area contributed by atoms with E-state index in [2.05, 4.69) is 6.92 Å². The van der Waals surface area contributed by atoms with Crippen molar-refractivity contribution >= 4 is 11.6 Å². The second-order valence-electron chi connectivity index (χ2n) is 2.94. The first kappa shape index (κ1) is 8.35. The molecule has 0 saturated carbocycles. The molecule has 1 nitrogen and oxygen atoms in total. The fraction of sp³-hybridized carbons (Fsp3) is 1.00. The number of ether oxygens (including phenoxy) is 1. The van der Waals surface area contributed by atoms with Gasteiger partial charge in [-0.1, -0.05) is 31.4 Å². The van der Waals surface area contributed by atoms with E-state index in [0.717, 1.165) is 19.4 Å². The molecule has 1 atom stereocenters. The topological polar surface area (TPSA) is 9.23 Å². The number of rotatable bonds is 4. The lowest BCUT2D eigenvalue weighted by Gasteiger charge is -2.36. The summed E-state index contributed by atoms with van der Waals surface area (Å²) in [5.41, 5.74) is 0. The molecule has 2 heteroatoms. The fourth-order valence-electron chi connectivity index (χ4n) is 1.16. The first-order valence-electron chi connectivity index (χ1n) is 4.10. The van der Waals surface area contributed by atoms with Gasteiger partial charge in [0.05, 0.1) is 6.61 Å². The molecule has 1 aliphatic heterocycles. The standard InChI is InChI=1S/C8H15ClO/c1-2-3-4-5-8(9)6-7-10-8/h2-7H2,1H3. The fourth-order valence-corrected chi connectivity index (χ4v) is 1.45. The molecule has 0 amide bonds. The molecular formula is C8H15ClO. The average molecular weight is 163 g/mol. The molecule has 0 aromatic rings. The van der Waals surface area contributed by atoms with E-state index >= 15 is 0 Å². The van der Waals surface area contributed by atoms with Crippen molar-refractivity contribution in [1.82, 2.24) is 0 Å². The second kappa shape index (κ2) is 3.59. The summed E-state index contributed by atoms with van der Waals surface area (Å²) in [5, 5.41) is -0.255. The van der Waals surface area contributed by atoms with Crippen LogP contribution in [-0.4, -0.2) is 11.7 Å². The number of alkyl halides is 1. The van der Waals surface area contributed by atoms with E-state index in [1.165, 1.54) is 19.3 Å². The van der Waals surface area contributed by atoms with Crippen LogP contribution >= 0.6 is 11.6 Å². The molecule has 1 aliphatic rings. The molecular weight excluding hydrogens is 148 g/mol. The van der Waals surface area contributed by atoms with Crippen molar-refractivity contribution < 1.29 is 4.74 Å². The Morgan fingerprint density at radius 1 is 1.50 bits per heavy atom. The van der Waals surface area contributed by atoms with Gasteiger partial charge in [-0.3, -0.25) is 0 Å². The lowest BCUT2D eigenvalue weighted by molar-refractivity contribution is -0.0904. The predicted molar refractivity (Wildman–Crippen MR) is 43.3 cm³/mol. The quantitative estimate of drug-likeness (QED) is 0.456. The summed E-state index contributed by atoms with van der Waals surface area (Å²) in [5.74, 6) is 0. The molecule has 1 heterocycles. The number of hydrogen-bond acceptors (Lipinski definition) is 1. The maximum Gasteiger partial charge on any atom is 0.144 e. The summed E-state index contributed by atoms with van der Waals surface area (Å²) in [6.07, 6.45) is 5.81. The van der Waals surface area contributed by atoms with E-state index < -0.39 is 0 Å². The summed E-state index contributed by atoms with van der Waals surface area (Å²) in [7, 11) is 0.